The summed E-state index contributed by atoms with van der Waals surface area (Å²) >= 11 is 0. The van der Waals surface area contributed by atoms with E-state index in [1.165, 1.54) is 11.8 Å². The van der Waals surface area contributed by atoms with Crippen molar-refractivity contribution in [3.8, 4) is 6.07 Å². The quantitative estimate of drug-likeness (QED) is 0.556. The predicted molar refractivity (Wildman–Crippen MR) is 51.5 cm³/mol. The summed E-state index contributed by atoms with van der Waals surface area (Å²) in [7, 11) is 0. The lowest BCUT2D eigenvalue weighted by atomic mass is 10.2. The zero-order chi connectivity index (χ0) is 11.0. The van der Waals surface area contributed by atoms with Crippen molar-refractivity contribution in [3.63, 3.8) is 0 Å². The smallest absolute Gasteiger partial charge is 0.246 e. The first kappa shape index (κ1) is 9.97. The summed E-state index contributed by atoms with van der Waals surface area (Å²) in [5, 5.41) is 8.62. The van der Waals surface area contributed by atoms with Crippen LogP contribution in [0.3, 0.4) is 0 Å². The lowest BCUT2D eigenvalue weighted by Crippen LogP contribution is -2.42. The zero-order valence-corrected chi connectivity index (χ0v) is 8.64. The molecule has 2 saturated heterocycles. The highest BCUT2D eigenvalue weighted by Gasteiger charge is 2.44. The van der Waals surface area contributed by atoms with Gasteiger partial charge in [0.1, 0.15) is 12.1 Å². The largest absolute Gasteiger partial charge is 0.331 e. The Morgan fingerprint density at radius 2 is 2.13 bits per heavy atom. The van der Waals surface area contributed by atoms with E-state index in [0.29, 0.717) is 13.1 Å². The minimum absolute atomic E-state index is 0.0544. The van der Waals surface area contributed by atoms with Gasteiger partial charge in [-0.25, -0.2) is 0 Å². The van der Waals surface area contributed by atoms with Crippen LogP contribution in [-0.4, -0.2) is 46.8 Å². The molecule has 0 aromatic heterocycles. The van der Waals surface area contributed by atoms with Crippen molar-refractivity contribution in [3.05, 3.63) is 0 Å². The van der Waals surface area contributed by atoms with Gasteiger partial charge in [0.15, 0.2) is 0 Å². The van der Waals surface area contributed by atoms with Crippen LogP contribution in [0.1, 0.15) is 19.8 Å². The highest BCUT2D eigenvalue weighted by atomic mass is 16.2. The number of amides is 2. The second kappa shape index (κ2) is 3.54. The number of carbonyl (C=O) groups is 2. The Labute approximate surface area is 88.2 Å². The molecule has 2 rings (SSSR count). The molecular formula is C10H13N3O2. The molecule has 2 fully saturated rings. The molecule has 2 atom stereocenters. The van der Waals surface area contributed by atoms with Gasteiger partial charge in [0.25, 0.3) is 0 Å². The third-order valence-electron chi connectivity index (χ3n) is 2.99. The van der Waals surface area contributed by atoms with Crippen molar-refractivity contribution in [1.29, 1.82) is 5.26 Å². The Morgan fingerprint density at radius 3 is 2.67 bits per heavy atom. The van der Waals surface area contributed by atoms with E-state index in [9.17, 15) is 9.59 Å². The fraction of sp³-hybridized carbons (Fsp3) is 0.700. The van der Waals surface area contributed by atoms with Gasteiger partial charge in [-0.05, 0) is 12.8 Å². The van der Waals surface area contributed by atoms with Gasteiger partial charge in [-0.15, -0.1) is 0 Å². The van der Waals surface area contributed by atoms with Crippen LogP contribution in [0, 0.1) is 11.3 Å². The molecule has 2 amide bonds. The maximum Gasteiger partial charge on any atom is 0.246 e. The van der Waals surface area contributed by atoms with E-state index >= 15 is 0 Å². The van der Waals surface area contributed by atoms with Crippen molar-refractivity contribution in [2.75, 3.05) is 13.1 Å². The highest BCUT2D eigenvalue weighted by molar-refractivity contribution is 5.89. The summed E-state index contributed by atoms with van der Waals surface area (Å²) in [5.41, 5.74) is 0. The normalized spacial score (nSPS) is 28.8. The van der Waals surface area contributed by atoms with Crippen molar-refractivity contribution in [2.45, 2.75) is 31.8 Å². The number of hydrogen-bond donors (Lipinski definition) is 0. The Bertz CT molecular complexity index is 347. The Hall–Kier alpha value is -1.57. The van der Waals surface area contributed by atoms with Crippen LogP contribution in [0.15, 0.2) is 0 Å². The van der Waals surface area contributed by atoms with Gasteiger partial charge in [-0.2, -0.15) is 5.26 Å². The predicted octanol–water partition coefficient (Wildman–Crippen LogP) is -0.268. The minimum Gasteiger partial charge on any atom is -0.331 e. The van der Waals surface area contributed by atoms with Gasteiger partial charge < -0.3 is 9.80 Å². The van der Waals surface area contributed by atoms with E-state index in [1.54, 1.807) is 4.90 Å². The molecule has 0 radical (unpaired) electrons. The fourth-order valence-corrected chi connectivity index (χ4v) is 2.09. The molecule has 0 saturated carbocycles. The maximum absolute atomic E-state index is 11.9. The molecule has 80 valence electrons. The SMILES string of the molecule is CC(=O)N1CCC[C@H]1C(=O)N1CC1C#N. The van der Waals surface area contributed by atoms with E-state index in [4.69, 9.17) is 5.26 Å². The van der Waals surface area contributed by atoms with Crippen molar-refractivity contribution in [2.24, 2.45) is 0 Å². The molecule has 15 heavy (non-hydrogen) atoms. The van der Waals surface area contributed by atoms with Crippen molar-refractivity contribution < 1.29 is 9.59 Å². The van der Waals surface area contributed by atoms with Gasteiger partial charge in [0.2, 0.25) is 11.8 Å². The monoisotopic (exact) mass is 207 g/mol. The van der Waals surface area contributed by atoms with Crippen LogP contribution < -0.4 is 0 Å². The van der Waals surface area contributed by atoms with Gasteiger partial charge in [0.05, 0.1) is 12.6 Å². The van der Waals surface area contributed by atoms with E-state index in [-0.39, 0.29) is 23.9 Å². The van der Waals surface area contributed by atoms with Crippen LogP contribution in [-0.2, 0) is 9.59 Å². The lowest BCUT2D eigenvalue weighted by Gasteiger charge is -2.22. The number of carbonyl (C=O) groups excluding carboxylic acids is 2. The first-order chi connectivity index (χ1) is 7.15. The average molecular weight is 207 g/mol. The van der Waals surface area contributed by atoms with Crippen LogP contribution >= 0.6 is 0 Å². The third kappa shape index (κ3) is 1.67. The van der Waals surface area contributed by atoms with E-state index in [0.717, 1.165) is 12.8 Å². The van der Waals surface area contributed by atoms with Gasteiger partial charge in [0, 0.05) is 13.5 Å². The Morgan fingerprint density at radius 1 is 1.40 bits per heavy atom. The maximum atomic E-state index is 11.9. The summed E-state index contributed by atoms with van der Waals surface area (Å²) in [4.78, 5) is 26.3. The van der Waals surface area contributed by atoms with Gasteiger partial charge in [-0.1, -0.05) is 0 Å². The topological polar surface area (TPSA) is 64.2 Å². The molecule has 2 aliphatic heterocycles. The molecule has 0 bridgehead atoms. The molecule has 1 unspecified atom stereocenters. The second-order valence-electron chi connectivity index (χ2n) is 4.01. The number of likely N-dealkylation sites (tertiary alicyclic amines) is 1. The summed E-state index contributed by atoms with van der Waals surface area (Å²) in [5.74, 6) is -0.115. The summed E-state index contributed by atoms with van der Waals surface area (Å²) in [6, 6.07) is 1.46. The van der Waals surface area contributed by atoms with Gasteiger partial charge in [-0.3, -0.25) is 9.59 Å². The van der Waals surface area contributed by atoms with Crippen LogP contribution in [0.4, 0.5) is 0 Å². The summed E-state index contributed by atoms with van der Waals surface area (Å²) < 4.78 is 0. The molecule has 2 aliphatic rings. The van der Waals surface area contributed by atoms with Crippen LogP contribution in [0.25, 0.3) is 0 Å². The van der Waals surface area contributed by atoms with Crippen molar-refractivity contribution in [1.82, 2.24) is 9.80 Å². The standard InChI is InChI=1S/C10H13N3O2/c1-7(14)12-4-2-3-9(12)10(15)13-6-8(13)5-11/h8-9H,2-4,6H2,1H3/t8?,9-,13?/m0/s1. The minimum atomic E-state index is -0.319. The lowest BCUT2D eigenvalue weighted by molar-refractivity contribution is -0.139. The second-order valence-corrected chi connectivity index (χ2v) is 4.01. The van der Waals surface area contributed by atoms with Crippen LogP contribution in [0.2, 0.25) is 0 Å². The molecule has 0 spiro atoms. The van der Waals surface area contributed by atoms with Gasteiger partial charge >= 0.3 is 0 Å². The zero-order valence-electron chi connectivity index (χ0n) is 8.64. The molecule has 2 heterocycles. The highest BCUT2D eigenvalue weighted by Crippen LogP contribution is 2.25. The fourth-order valence-electron chi connectivity index (χ4n) is 2.09. The molecule has 5 nitrogen and oxygen atoms in total. The number of rotatable bonds is 1. The van der Waals surface area contributed by atoms with E-state index in [2.05, 4.69) is 0 Å². The number of hydrogen-bond acceptors (Lipinski definition) is 3. The molecular weight excluding hydrogens is 194 g/mol. The van der Waals surface area contributed by atoms with Crippen LogP contribution in [0.5, 0.6) is 0 Å². The van der Waals surface area contributed by atoms with Crippen molar-refractivity contribution >= 4 is 11.8 Å². The molecule has 0 aromatic rings. The molecule has 0 aliphatic carbocycles. The average Bonchev–Trinajstić information content (AvgIpc) is 2.83. The molecule has 5 heteroatoms. The number of nitrogens with zero attached hydrogens (tertiary/aromatic N) is 3. The number of nitriles is 1. The first-order valence-corrected chi connectivity index (χ1v) is 5.12. The first-order valence-electron chi connectivity index (χ1n) is 5.12. The Kier molecular flexibility index (Phi) is 2.35. The molecule has 0 N–H and O–H groups in total. The van der Waals surface area contributed by atoms with E-state index in [1.807, 2.05) is 6.07 Å². The summed E-state index contributed by atoms with van der Waals surface area (Å²) in [6.07, 6.45) is 1.61. The van der Waals surface area contributed by atoms with E-state index < -0.39 is 0 Å². The molecule has 0 aromatic carbocycles. The third-order valence-corrected chi connectivity index (χ3v) is 2.99. The summed E-state index contributed by atoms with van der Waals surface area (Å²) in [6.45, 7) is 2.67. The Balaban J connectivity index is 2.02.